The molecule has 1 fully saturated rings. The van der Waals surface area contributed by atoms with Crippen molar-refractivity contribution in [2.24, 2.45) is 0 Å². The lowest BCUT2D eigenvalue weighted by molar-refractivity contribution is -0.131. The number of imide groups is 1. The fourth-order valence-corrected chi connectivity index (χ4v) is 5.70. The van der Waals surface area contributed by atoms with Crippen molar-refractivity contribution in [2.75, 3.05) is 13.1 Å². The van der Waals surface area contributed by atoms with E-state index in [4.69, 9.17) is 23.2 Å². The first-order chi connectivity index (χ1) is 17.8. The Bertz CT molecular complexity index is 1200. The standard InChI is InChI=1S/C27H27Cl2N3O4S/c28-20-11-9-18(10-12-20)23(33)17-32-22-13-15-37-25(22)26(35)31(27(32)36)14-5-1-2-8-24(34)30-16-19-6-3-4-7-21(19)29/h3-4,6-7,9-13,15,22,25H,1-2,5,8,14,16-17H2,(H,30,34). The number of urea groups is 1. The van der Waals surface area contributed by atoms with E-state index in [1.165, 1.54) is 21.6 Å². The van der Waals surface area contributed by atoms with Gasteiger partial charge in [0.2, 0.25) is 11.8 Å². The summed E-state index contributed by atoms with van der Waals surface area (Å²) in [6, 6.07) is 13.0. The van der Waals surface area contributed by atoms with Gasteiger partial charge in [0.05, 0.1) is 12.6 Å². The summed E-state index contributed by atoms with van der Waals surface area (Å²) in [7, 11) is 0. The third-order valence-corrected chi connectivity index (χ3v) is 8.07. The number of carbonyl (C=O) groups excluding carboxylic acids is 4. The average Bonchev–Trinajstić information content (AvgIpc) is 3.38. The van der Waals surface area contributed by atoms with E-state index in [0.29, 0.717) is 47.8 Å². The Kier molecular flexibility index (Phi) is 9.29. The van der Waals surface area contributed by atoms with E-state index in [1.807, 2.05) is 23.6 Å². The Morgan fingerprint density at radius 2 is 1.73 bits per heavy atom. The average molecular weight is 561 g/mol. The van der Waals surface area contributed by atoms with E-state index in [2.05, 4.69) is 5.32 Å². The quantitative estimate of drug-likeness (QED) is 0.297. The first kappa shape index (κ1) is 27.2. The van der Waals surface area contributed by atoms with Gasteiger partial charge in [-0.3, -0.25) is 19.3 Å². The van der Waals surface area contributed by atoms with Crippen LogP contribution in [0.4, 0.5) is 4.79 Å². The second-order valence-corrected chi connectivity index (χ2v) is 10.8. The van der Waals surface area contributed by atoms with E-state index in [0.717, 1.165) is 5.56 Å². The maximum atomic E-state index is 13.3. The van der Waals surface area contributed by atoms with Crippen LogP contribution in [0.1, 0.15) is 41.6 Å². The number of fused-ring (bicyclic) bond motifs is 1. The van der Waals surface area contributed by atoms with E-state index in [1.54, 1.807) is 36.4 Å². The predicted molar refractivity (Wildman–Crippen MR) is 146 cm³/mol. The molecule has 2 aliphatic rings. The van der Waals surface area contributed by atoms with Gasteiger partial charge in [-0.15, -0.1) is 11.8 Å². The zero-order valence-corrected chi connectivity index (χ0v) is 22.4. The summed E-state index contributed by atoms with van der Waals surface area (Å²) in [6.45, 7) is 0.490. The van der Waals surface area contributed by atoms with Gasteiger partial charge in [0, 0.05) is 35.1 Å². The summed E-state index contributed by atoms with van der Waals surface area (Å²) in [6.07, 6.45) is 4.03. The third-order valence-electron chi connectivity index (χ3n) is 6.36. The van der Waals surface area contributed by atoms with Crippen LogP contribution in [0.25, 0.3) is 0 Å². The van der Waals surface area contributed by atoms with Crippen molar-refractivity contribution in [3.8, 4) is 0 Å². The number of benzene rings is 2. The summed E-state index contributed by atoms with van der Waals surface area (Å²) < 4.78 is 0. The Balaban J connectivity index is 1.26. The maximum Gasteiger partial charge on any atom is 0.327 e. The Morgan fingerprint density at radius 1 is 0.973 bits per heavy atom. The van der Waals surface area contributed by atoms with Crippen LogP contribution in [-0.2, 0) is 16.1 Å². The van der Waals surface area contributed by atoms with Gasteiger partial charge >= 0.3 is 6.03 Å². The minimum absolute atomic E-state index is 0.0757. The number of rotatable bonds is 11. The zero-order valence-electron chi connectivity index (χ0n) is 20.1. The lowest BCUT2D eigenvalue weighted by atomic mass is 10.0. The molecule has 1 N–H and O–H groups in total. The van der Waals surface area contributed by atoms with Gasteiger partial charge in [-0.05, 0) is 54.1 Å². The van der Waals surface area contributed by atoms with Crippen LogP contribution < -0.4 is 5.32 Å². The molecular weight excluding hydrogens is 533 g/mol. The summed E-state index contributed by atoms with van der Waals surface area (Å²) in [4.78, 5) is 54.0. The van der Waals surface area contributed by atoms with Crippen molar-refractivity contribution < 1.29 is 19.2 Å². The molecule has 2 aromatic rings. The molecule has 37 heavy (non-hydrogen) atoms. The molecule has 7 nitrogen and oxygen atoms in total. The summed E-state index contributed by atoms with van der Waals surface area (Å²) in [5.74, 6) is -0.531. The molecule has 2 unspecified atom stereocenters. The second kappa shape index (κ2) is 12.6. The first-order valence-corrected chi connectivity index (χ1v) is 13.8. The molecule has 1 saturated heterocycles. The number of ketones is 1. The van der Waals surface area contributed by atoms with Crippen molar-refractivity contribution in [2.45, 2.75) is 43.5 Å². The molecule has 0 radical (unpaired) electrons. The number of unbranched alkanes of at least 4 members (excludes halogenated alkanes) is 2. The van der Waals surface area contributed by atoms with Gasteiger partial charge in [0.15, 0.2) is 5.78 Å². The zero-order chi connectivity index (χ0) is 26.4. The summed E-state index contributed by atoms with van der Waals surface area (Å²) in [5, 5.41) is 5.36. The maximum absolute atomic E-state index is 13.3. The molecule has 2 aromatic carbocycles. The fourth-order valence-electron chi connectivity index (χ4n) is 4.31. The molecule has 194 valence electrons. The highest BCUT2D eigenvalue weighted by atomic mass is 35.5. The minimum atomic E-state index is -0.460. The molecule has 4 rings (SSSR count). The fraction of sp³-hybridized carbons (Fsp3) is 0.333. The molecule has 0 saturated carbocycles. The molecule has 2 heterocycles. The van der Waals surface area contributed by atoms with E-state index in [-0.39, 0.29) is 30.7 Å². The highest BCUT2D eigenvalue weighted by Gasteiger charge is 2.47. The second-order valence-electron chi connectivity index (χ2n) is 8.89. The topological polar surface area (TPSA) is 86.8 Å². The van der Waals surface area contributed by atoms with Crippen molar-refractivity contribution in [3.05, 3.63) is 81.2 Å². The number of Topliss-reactive ketones (excluding diaryl/α,β-unsaturated/α-hetero) is 1. The van der Waals surface area contributed by atoms with Crippen LogP contribution in [0.15, 0.2) is 60.0 Å². The van der Waals surface area contributed by atoms with Crippen molar-refractivity contribution in [1.82, 2.24) is 15.1 Å². The van der Waals surface area contributed by atoms with Crippen LogP contribution in [-0.4, -0.2) is 57.8 Å². The Hall–Kier alpha value is -2.81. The number of halogens is 2. The van der Waals surface area contributed by atoms with Crippen LogP contribution in [0.3, 0.4) is 0 Å². The largest absolute Gasteiger partial charge is 0.352 e. The molecular formula is C27H27Cl2N3O4S. The number of nitrogens with one attached hydrogen (secondary N) is 1. The summed E-state index contributed by atoms with van der Waals surface area (Å²) >= 11 is 13.4. The molecule has 0 spiro atoms. The number of thioether (sulfide) groups is 1. The van der Waals surface area contributed by atoms with E-state index >= 15 is 0 Å². The van der Waals surface area contributed by atoms with Crippen LogP contribution >= 0.6 is 35.0 Å². The Labute approximate surface area is 230 Å². The minimum Gasteiger partial charge on any atom is -0.352 e. The van der Waals surface area contributed by atoms with Gasteiger partial charge < -0.3 is 10.2 Å². The molecule has 0 aliphatic carbocycles. The summed E-state index contributed by atoms with van der Waals surface area (Å²) in [5.41, 5.74) is 1.32. The van der Waals surface area contributed by atoms with Gasteiger partial charge in [-0.25, -0.2) is 4.79 Å². The first-order valence-electron chi connectivity index (χ1n) is 12.1. The number of amides is 4. The lowest BCUT2D eigenvalue weighted by Crippen LogP contribution is -2.62. The van der Waals surface area contributed by atoms with Gasteiger partial charge in [0.1, 0.15) is 5.25 Å². The highest BCUT2D eigenvalue weighted by molar-refractivity contribution is 8.03. The number of carbonyl (C=O) groups is 4. The molecule has 10 heteroatoms. The van der Waals surface area contributed by atoms with Crippen LogP contribution in [0.5, 0.6) is 0 Å². The van der Waals surface area contributed by atoms with Crippen molar-refractivity contribution in [3.63, 3.8) is 0 Å². The van der Waals surface area contributed by atoms with E-state index in [9.17, 15) is 19.2 Å². The predicted octanol–water partition coefficient (Wildman–Crippen LogP) is 5.31. The van der Waals surface area contributed by atoms with Crippen LogP contribution in [0.2, 0.25) is 10.0 Å². The van der Waals surface area contributed by atoms with Gasteiger partial charge in [-0.2, -0.15) is 0 Å². The molecule has 0 aromatic heterocycles. The van der Waals surface area contributed by atoms with Gasteiger partial charge in [0.25, 0.3) is 0 Å². The number of hydrogen-bond acceptors (Lipinski definition) is 5. The number of hydrogen-bond donors (Lipinski definition) is 1. The van der Waals surface area contributed by atoms with E-state index < -0.39 is 17.3 Å². The number of nitrogens with zero attached hydrogens (tertiary/aromatic N) is 2. The van der Waals surface area contributed by atoms with Crippen molar-refractivity contribution in [1.29, 1.82) is 0 Å². The van der Waals surface area contributed by atoms with Gasteiger partial charge in [-0.1, -0.05) is 53.9 Å². The normalized spacial score (nSPS) is 18.8. The smallest absolute Gasteiger partial charge is 0.327 e. The van der Waals surface area contributed by atoms with Crippen LogP contribution in [0, 0.1) is 0 Å². The third kappa shape index (κ3) is 6.74. The SMILES string of the molecule is O=C(CCCCCN1C(=O)C2SC=CC2N(CC(=O)c2ccc(Cl)cc2)C1=O)NCc1ccccc1Cl. The molecule has 2 aliphatic heterocycles. The van der Waals surface area contributed by atoms with Crippen molar-refractivity contribution >= 4 is 58.6 Å². The molecule has 2 atom stereocenters. The Morgan fingerprint density at radius 3 is 2.49 bits per heavy atom. The highest BCUT2D eigenvalue weighted by Crippen LogP contribution is 2.34. The molecule has 0 bridgehead atoms. The lowest BCUT2D eigenvalue weighted by Gasteiger charge is -2.41. The molecule has 4 amide bonds. The monoisotopic (exact) mass is 559 g/mol.